The Morgan fingerprint density at radius 2 is 2.03 bits per heavy atom. The van der Waals surface area contributed by atoms with E-state index in [1.165, 1.54) is 0 Å². The number of hydrogen-bond acceptors (Lipinski definition) is 5. The van der Waals surface area contributed by atoms with Gasteiger partial charge >= 0.3 is 5.69 Å². The van der Waals surface area contributed by atoms with Crippen molar-refractivity contribution in [3.05, 3.63) is 75.8 Å². The second-order valence-corrected chi connectivity index (χ2v) is 7.54. The number of fused-ring (bicyclic) bond motifs is 1. The number of nitrogens with zero attached hydrogens (tertiary/aromatic N) is 4. The number of nitrogens with one attached hydrogen (secondary N) is 1. The second kappa shape index (κ2) is 7.07. The molecule has 1 aliphatic rings. The van der Waals surface area contributed by atoms with E-state index in [-0.39, 0.29) is 16.7 Å². The van der Waals surface area contributed by atoms with Gasteiger partial charge in [-0.15, -0.1) is 0 Å². The molecule has 7 nitrogen and oxygen atoms in total. The van der Waals surface area contributed by atoms with Gasteiger partial charge in [0.05, 0.1) is 21.3 Å². The van der Waals surface area contributed by atoms with Gasteiger partial charge in [-0.05, 0) is 25.0 Å². The monoisotopic (exact) mass is 423 g/mol. The first-order valence-electron chi connectivity index (χ1n) is 9.34. The largest absolute Gasteiger partial charge is 0.344 e. The van der Waals surface area contributed by atoms with Crippen LogP contribution in [0.2, 0.25) is 5.02 Å². The molecule has 0 bridgehead atoms. The highest BCUT2D eigenvalue weighted by Crippen LogP contribution is 2.41. The Morgan fingerprint density at radius 1 is 1.23 bits per heavy atom. The summed E-state index contributed by atoms with van der Waals surface area (Å²) in [6, 6.07) is 12.4. The van der Waals surface area contributed by atoms with Crippen LogP contribution in [0.3, 0.4) is 0 Å². The molecule has 0 radical (unpaired) electrons. The van der Waals surface area contributed by atoms with Crippen molar-refractivity contribution in [3.8, 4) is 11.3 Å². The fraction of sp³-hybridized carbons (Fsp3) is 0.143. The Kier molecular flexibility index (Phi) is 4.36. The molecule has 0 unspecified atom stereocenters. The maximum atomic E-state index is 13.7. The van der Waals surface area contributed by atoms with Crippen molar-refractivity contribution in [2.24, 2.45) is 0 Å². The predicted molar refractivity (Wildman–Crippen MR) is 113 cm³/mol. The summed E-state index contributed by atoms with van der Waals surface area (Å²) >= 11 is 6.05. The van der Waals surface area contributed by atoms with Crippen LogP contribution in [0, 0.1) is 15.9 Å². The second-order valence-electron chi connectivity index (χ2n) is 7.13. The van der Waals surface area contributed by atoms with E-state index in [2.05, 4.69) is 38.2 Å². The van der Waals surface area contributed by atoms with E-state index >= 15 is 0 Å². The summed E-state index contributed by atoms with van der Waals surface area (Å²) in [5.41, 5.74) is 2.31. The van der Waals surface area contributed by atoms with Crippen molar-refractivity contribution >= 4 is 39.8 Å². The fourth-order valence-corrected chi connectivity index (χ4v) is 3.72. The van der Waals surface area contributed by atoms with E-state index in [9.17, 15) is 14.5 Å². The lowest BCUT2D eigenvalue weighted by atomic mass is 10.1. The van der Waals surface area contributed by atoms with Gasteiger partial charge < -0.3 is 9.88 Å². The van der Waals surface area contributed by atoms with Gasteiger partial charge in [0.25, 0.3) is 0 Å². The first-order chi connectivity index (χ1) is 14.5. The molecule has 1 fully saturated rings. The van der Waals surface area contributed by atoms with E-state index in [1.54, 1.807) is 12.3 Å². The molecule has 5 rings (SSSR count). The Labute approximate surface area is 175 Å². The van der Waals surface area contributed by atoms with Gasteiger partial charge in [0.1, 0.15) is 0 Å². The molecule has 2 aromatic carbocycles. The minimum atomic E-state index is -1.00. The quantitative estimate of drug-likeness (QED) is 0.320. The Hall–Kier alpha value is -3.52. The molecule has 0 saturated heterocycles. The molecule has 9 heteroatoms. The summed E-state index contributed by atoms with van der Waals surface area (Å²) in [6.45, 7) is 0. The number of anilines is 2. The molecule has 0 amide bonds. The van der Waals surface area contributed by atoms with Crippen LogP contribution >= 0.6 is 11.6 Å². The highest BCUT2D eigenvalue weighted by Gasteiger charge is 2.26. The smallest absolute Gasteiger partial charge is 0.306 e. The van der Waals surface area contributed by atoms with Crippen LogP contribution in [0.5, 0.6) is 0 Å². The summed E-state index contributed by atoms with van der Waals surface area (Å²) in [6.07, 6.45) is 6.02. The summed E-state index contributed by atoms with van der Waals surface area (Å²) < 4.78 is 16.0. The van der Waals surface area contributed by atoms with Gasteiger partial charge in [-0.2, -0.15) is 4.39 Å². The van der Waals surface area contributed by atoms with E-state index in [0.717, 1.165) is 41.4 Å². The average Bonchev–Trinajstić information content (AvgIpc) is 3.50. The summed E-state index contributed by atoms with van der Waals surface area (Å²) in [7, 11) is 0. The maximum absolute atomic E-state index is 13.7. The van der Waals surface area contributed by atoms with Gasteiger partial charge in [-0.3, -0.25) is 10.1 Å². The molecule has 1 aliphatic carbocycles. The number of aromatic nitrogens is 3. The van der Waals surface area contributed by atoms with Crippen molar-refractivity contribution < 1.29 is 9.31 Å². The third-order valence-corrected chi connectivity index (χ3v) is 5.40. The molecular formula is C21H15ClFN5O2. The molecule has 2 aromatic heterocycles. The molecule has 0 aliphatic heterocycles. The molecule has 0 atom stereocenters. The normalized spacial score (nSPS) is 13.5. The highest BCUT2D eigenvalue weighted by atomic mass is 35.5. The van der Waals surface area contributed by atoms with Crippen molar-refractivity contribution in [2.75, 3.05) is 5.32 Å². The fourth-order valence-electron chi connectivity index (χ4n) is 3.53. The summed E-state index contributed by atoms with van der Waals surface area (Å²) in [4.78, 5) is 19.0. The maximum Gasteiger partial charge on any atom is 0.306 e. The van der Waals surface area contributed by atoms with E-state index in [1.807, 2.05) is 12.1 Å². The summed E-state index contributed by atoms with van der Waals surface area (Å²) in [5, 5.41) is 15.0. The highest BCUT2D eigenvalue weighted by molar-refractivity contribution is 6.33. The van der Waals surface area contributed by atoms with Crippen LogP contribution in [0.25, 0.3) is 22.2 Å². The molecule has 1 N–H and O–H groups in total. The van der Waals surface area contributed by atoms with Crippen LogP contribution in [-0.2, 0) is 0 Å². The topological polar surface area (TPSA) is 85.9 Å². The molecule has 4 aromatic rings. The zero-order valence-electron chi connectivity index (χ0n) is 15.5. The van der Waals surface area contributed by atoms with Crippen LogP contribution in [0.15, 0.2) is 54.9 Å². The average molecular weight is 424 g/mol. The van der Waals surface area contributed by atoms with Gasteiger partial charge in [0.15, 0.2) is 0 Å². The predicted octanol–water partition coefficient (Wildman–Crippen LogP) is 5.88. The minimum absolute atomic E-state index is 0.00237. The molecular weight excluding hydrogens is 409 g/mol. The first-order valence-corrected chi connectivity index (χ1v) is 9.72. The zero-order valence-corrected chi connectivity index (χ0v) is 16.3. The van der Waals surface area contributed by atoms with E-state index < -0.39 is 16.4 Å². The van der Waals surface area contributed by atoms with Gasteiger partial charge in [-0.25, -0.2) is 9.97 Å². The number of nitro benzene ring substituents is 1. The van der Waals surface area contributed by atoms with E-state index in [0.29, 0.717) is 11.7 Å². The number of halogens is 2. The lowest BCUT2D eigenvalue weighted by molar-refractivity contribution is -0.387. The molecule has 1 saturated carbocycles. The van der Waals surface area contributed by atoms with Crippen molar-refractivity contribution in [1.82, 2.24) is 14.5 Å². The van der Waals surface area contributed by atoms with Gasteiger partial charge in [-0.1, -0.05) is 29.8 Å². The number of rotatable bonds is 5. The Balaban J connectivity index is 1.54. The Bertz CT molecular complexity index is 1300. The molecule has 0 spiro atoms. The Morgan fingerprint density at radius 3 is 2.80 bits per heavy atom. The zero-order chi connectivity index (χ0) is 20.8. The van der Waals surface area contributed by atoms with Crippen LogP contribution in [0.4, 0.5) is 21.7 Å². The van der Waals surface area contributed by atoms with Crippen molar-refractivity contribution in [2.45, 2.75) is 18.9 Å². The SMILES string of the molecule is O=[N+]([O-])c1cc(Nc2nccc(-c3cn(C4CC4)c4ccccc34)n2)c(Cl)cc1F. The number of nitro groups is 1. The van der Waals surface area contributed by atoms with Crippen LogP contribution in [0.1, 0.15) is 18.9 Å². The number of hydrogen-bond donors (Lipinski definition) is 1. The molecule has 30 heavy (non-hydrogen) atoms. The third kappa shape index (κ3) is 3.25. The minimum Gasteiger partial charge on any atom is -0.344 e. The lowest BCUT2D eigenvalue weighted by Gasteiger charge is -2.08. The van der Waals surface area contributed by atoms with Crippen molar-refractivity contribution in [1.29, 1.82) is 0 Å². The van der Waals surface area contributed by atoms with Crippen LogP contribution in [-0.4, -0.2) is 19.5 Å². The van der Waals surface area contributed by atoms with Crippen LogP contribution < -0.4 is 5.32 Å². The molecule has 150 valence electrons. The summed E-state index contributed by atoms with van der Waals surface area (Å²) in [5.74, 6) is -0.795. The van der Waals surface area contributed by atoms with E-state index in [4.69, 9.17) is 11.6 Å². The number of benzene rings is 2. The number of para-hydroxylation sites is 1. The standard InChI is InChI=1S/C21H15ClFN5O2/c22-15-9-16(23)20(28(29)30)10-18(15)26-21-24-8-7-17(25-21)14-11-27(12-5-6-12)19-4-2-1-3-13(14)19/h1-4,7-12H,5-6H2,(H,24,25,26). The van der Waals surface area contributed by atoms with Gasteiger partial charge in [0.2, 0.25) is 11.8 Å². The van der Waals surface area contributed by atoms with Crippen molar-refractivity contribution in [3.63, 3.8) is 0 Å². The lowest BCUT2D eigenvalue weighted by Crippen LogP contribution is -2.01. The van der Waals surface area contributed by atoms with Gasteiger partial charge in [0, 0.05) is 47.0 Å². The molecule has 2 heterocycles. The third-order valence-electron chi connectivity index (χ3n) is 5.09. The first kappa shape index (κ1) is 18.5.